The van der Waals surface area contributed by atoms with Gasteiger partial charge in [-0.25, -0.2) is 0 Å². The molecule has 2 heterocycles. The summed E-state index contributed by atoms with van der Waals surface area (Å²) in [5.74, 6) is 0. The highest BCUT2D eigenvalue weighted by Crippen LogP contribution is 2.47. The molecular weight excluding hydrogens is 687 g/mol. The molecule has 0 amide bonds. The van der Waals surface area contributed by atoms with Gasteiger partial charge in [0.05, 0.1) is 16.8 Å². The minimum Gasteiger partial charge on any atom is -0.456 e. The van der Waals surface area contributed by atoms with Crippen molar-refractivity contribution in [3.8, 4) is 33.4 Å². The van der Waals surface area contributed by atoms with Gasteiger partial charge in [0.15, 0.2) is 0 Å². The molecule has 0 saturated carbocycles. The van der Waals surface area contributed by atoms with E-state index in [1.807, 2.05) is 17.4 Å². The summed E-state index contributed by atoms with van der Waals surface area (Å²) in [5.41, 5.74) is 12.2. The minimum atomic E-state index is 0.871. The number of para-hydroxylation sites is 2. The molecule has 0 spiro atoms. The van der Waals surface area contributed by atoms with Gasteiger partial charge in [-0.3, -0.25) is 0 Å². The van der Waals surface area contributed by atoms with Crippen LogP contribution in [0.3, 0.4) is 0 Å². The number of fused-ring (bicyclic) bond motifs is 7. The summed E-state index contributed by atoms with van der Waals surface area (Å²) in [7, 11) is 0. The van der Waals surface area contributed by atoms with Gasteiger partial charge in [-0.05, 0) is 93.2 Å². The van der Waals surface area contributed by atoms with E-state index in [0.29, 0.717) is 0 Å². The lowest BCUT2D eigenvalue weighted by Gasteiger charge is -2.28. The summed E-state index contributed by atoms with van der Waals surface area (Å²) >= 11 is 1.86. The molecule has 0 atom stereocenters. The maximum atomic E-state index is 6.42. The van der Waals surface area contributed by atoms with E-state index in [1.54, 1.807) is 0 Å². The summed E-state index contributed by atoms with van der Waals surface area (Å²) < 4.78 is 9.02. The quantitative estimate of drug-likeness (QED) is 0.170. The second-order valence-electron chi connectivity index (χ2n) is 14.1. The molecule has 0 aliphatic heterocycles. The van der Waals surface area contributed by atoms with E-state index in [-0.39, 0.29) is 0 Å². The van der Waals surface area contributed by atoms with Crippen molar-refractivity contribution in [2.24, 2.45) is 0 Å². The molecule has 2 nitrogen and oxygen atoms in total. The van der Waals surface area contributed by atoms with Gasteiger partial charge in [0, 0.05) is 36.8 Å². The van der Waals surface area contributed by atoms with E-state index in [9.17, 15) is 0 Å². The number of furan rings is 1. The van der Waals surface area contributed by atoms with Crippen LogP contribution in [0.4, 0.5) is 17.1 Å². The maximum Gasteiger partial charge on any atom is 0.137 e. The van der Waals surface area contributed by atoms with E-state index >= 15 is 0 Å². The molecule has 9 aromatic carbocycles. The first-order valence-corrected chi connectivity index (χ1v) is 19.5. The Morgan fingerprint density at radius 3 is 1.82 bits per heavy atom. The Morgan fingerprint density at radius 1 is 0.364 bits per heavy atom. The summed E-state index contributed by atoms with van der Waals surface area (Å²) in [6, 6.07) is 72.2. The highest BCUT2D eigenvalue weighted by atomic mass is 32.1. The molecule has 258 valence electrons. The molecule has 0 radical (unpaired) electrons. The van der Waals surface area contributed by atoms with Crippen molar-refractivity contribution in [2.75, 3.05) is 4.90 Å². The van der Waals surface area contributed by atoms with Crippen molar-refractivity contribution in [2.45, 2.75) is 0 Å². The Balaban J connectivity index is 1.03. The highest BCUT2D eigenvalue weighted by molar-refractivity contribution is 7.25. The predicted octanol–water partition coefficient (Wildman–Crippen LogP) is 15.6. The van der Waals surface area contributed by atoms with Gasteiger partial charge in [0.25, 0.3) is 0 Å². The van der Waals surface area contributed by atoms with Crippen LogP contribution in [0.25, 0.3) is 86.3 Å². The first-order chi connectivity index (χ1) is 27.2. The van der Waals surface area contributed by atoms with Crippen molar-refractivity contribution >= 4 is 81.3 Å². The van der Waals surface area contributed by atoms with Crippen molar-refractivity contribution in [3.63, 3.8) is 0 Å². The zero-order valence-electron chi connectivity index (χ0n) is 29.8. The van der Waals surface area contributed by atoms with Crippen LogP contribution in [0.2, 0.25) is 0 Å². The molecular formula is C52H33NOS. The molecule has 3 heteroatoms. The Bertz CT molecular complexity index is 3210. The van der Waals surface area contributed by atoms with E-state index in [1.165, 1.54) is 64.3 Å². The lowest BCUT2D eigenvalue weighted by Crippen LogP contribution is -2.11. The first kappa shape index (κ1) is 31.6. The van der Waals surface area contributed by atoms with Crippen LogP contribution in [-0.4, -0.2) is 0 Å². The Labute approximate surface area is 322 Å². The molecule has 0 fully saturated rings. The number of hydrogen-bond donors (Lipinski definition) is 0. The van der Waals surface area contributed by atoms with Crippen LogP contribution in [0.5, 0.6) is 0 Å². The maximum absolute atomic E-state index is 6.42. The molecule has 0 aliphatic rings. The van der Waals surface area contributed by atoms with Gasteiger partial charge >= 0.3 is 0 Å². The van der Waals surface area contributed by atoms with Gasteiger partial charge in [0.2, 0.25) is 0 Å². The summed E-state index contributed by atoms with van der Waals surface area (Å²) in [6.07, 6.45) is 0. The SMILES string of the molecule is c1ccc(N(c2ccc(-c3ccc(-c4ccc5ccccc5c4)cc3)cc2)c2cccc3oc4ccccc4c23)c(-c2ccc3c(c2)sc2ccccc23)c1. The molecule has 11 aromatic rings. The normalized spacial score (nSPS) is 11.6. The number of benzene rings is 9. The zero-order valence-corrected chi connectivity index (χ0v) is 30.6. The van der Waals surface area contributed by atoms with Crippen LogP contribution in [0.1, 0.15) is 0 Å². The fourth-order valence-corrected chi connectivity index (χ4v) is 9.33. The average molecular weight is 720 g/mol. The number of hydrogen-bond acceptors (Lipinski definition) is 3. The average Bonchev–Trinajstić information content (AvgIpc) is 3.83. The van der Waals surface area contributed by atoms with Crippen LogP contribution in [0.15, 0.2) is 205 Å². The number of thiophene rings is 1. The smallest absolute Gasteiger partial charge is 0.137 e. The standard InChI is InChI=1S/C52H33NOS/c1-2-11-38-32-39(25-24-34(38)10-1)37-22-20-35(21-23-37)36-26-29-41(30-27-36)53(47-16-9-18-49-52(47)45-14-4-7-17-48(45)54-49)46-15-6-3-12-42(46)40-28-31-44-43-13-5-8-19-50(43)55-51(44)33-40/h1-33H. The molecule has 2 aromatic heterocycles. The van der Waals surface area contributed by atoms with Crippen LogP contribution in [0, 0.1) is 0 Å². The zero-order chi connectivity index (χ0) is 36.3. The van der Waals surface area contributed by atoms with Gasteiger partial charge in [-0.2, -0.15) is 0 Å². The second-order valence-corrected chi connectivity index (χ2v) is 15.2. The largest absolute Gasteiger partial charge is 0.456 e. The topological polar surface area (TPSA) is 16.4 Å². The molecule has 0 unspecified atom stereocenters. The van der Waals surface area contributed by atoms with E-state index < -0.39 is 0 Å². The number of rotatable bonds is 6. The third-order valence-corrected chi connectivity index (χ3v) is 12.0. The summed E-state index contributed by atoms with van der Waals surface area (Å²) in [4.78, 5) is 2.40. The summed E-state index contributed by atoms with van der Waals surface area (Å²) in [6.45, 7) is 0. The van der Waals surface area contributed by atoms with Crippen LogP contribution < -0.4 is 4.90 Å². The molecule has 0 bridgehead atoms. The lowest BCUT2D eigenvalue weighted by molar-refractivity contribution is 0.669. The van der Waals surface area contributed by atoms with Crippen molar-refractivity contribution < 1.29 is 4.42 Å². The third kappa shape index (κ3) is 5.40. The fraction of sp³-hybridized carbons (Fsp3) is 0. The Morgan fingerprint density at radius 2 is 0.964 bits per heavy atom. The van der Waals surface area contributed by atoms with Gasteiger partial charge in [-0.15, -0.1) is 11.3 Å². The lowest BCUT2D eigenvalue weighted by atomic mass is 9.97. The molecule has 0 N–H and O–H groups in total. The fourth-order valence-electron chi connectivity index (χ4n) is 8.18. The first-order valence-electron chi connectivity index (χ1n) is 18.7. The predicted molar refractivity (Wildman–Crippen MR) is 235 cm³/mol. The van der Waals surface area contributed by atoms with Gasteiger partial charge in [-0.1, -0.05) is 146 Å². The Kier molecular flexibility index (Phi) is 7.39. The molecule has 11 rings (SSSR count). The van der Waals surface area contributed by atoms with Crippen molar-refractivity contribution in [1.29, 1.82) is 0 Å². The highest BCUT2D eigenvalue weighted by Gasteiger charge is 2.22. The van der Waals surface area contributed by atoms with Crippen molar-refractivity contribution in [3.05, 3.63) is 200 Å². The van der Waals surface area contributed by atoms with E-state index in [2.05, 4.69) is 199 Å². The number of nitrogens with zero attached hydrogens (tertiary/aromatic N) is 1. The Hall–Kier alpha value is -6.94. The van der Waals surface area contributed by atoms with Crippen LogP contribution in [-0.2, 0) is 0 Å². The number of anilines is 3. The van der Waals surface area contributed by atoms with Crippen LogP contribution >= 0.6 is 11.3 Å². The molecule has 0 saturated heterocycles. The molecule has 0 aliphatic carbocycles. The third-order valence-electron chi connectivity index (χ3n) is 10.9. The van der Waals surface area contributed by atoms with E-state index in [0.717, 1.165) is 39.0 Å². The second kappa shape index (κ2) is 12.9. The monoisotopic (exact) mass is 719 g/mol. The van der Waals surface area contributed by atoms with E-state index in [4.69, 9.17) is 4.42 Å². The minimum absolute atomic E-state index is 0.871. The van der Waals surface area contributed by atoms with Crippen molar-refractivity contribution in [1.82, 2.24) is 0 Å². The van der Waals surface area contributed by atoms with Gasteiger partial charge < -0.3 is 9.32 Å². The molecule has 55 heavy (non-hydrogen) atoms. The van der Waals surface area contributed by atoms with Gasteiger partial charge in [0.1, 0.15) is 11.2 Å². The summed E-state index contributed by atoms with van der Waals surface area (Å²) in [5, 5.41) is 7.33.